The molecule has 2 aromatic heterocycles. The third-order valence-electron chi connectivity index (χ3n) is 10.1. The SMILES string of the molecule is CC(C)(C)OC(=O)NC[C@H]1CC[C@H](C(=O)N[C@@H](Cc2cccc(-c3cnc(N4CCN(C(=O)OC(C)(C)C)CC4)nc3)c2)C(=O)Nc2ccc(-c3nnn[nH]3)cc2)CC1. The topological polar surface area (TPSA) is 210 Å². The van der Waals surface area contributed by atoms with Gasteiger partial charge >= 0.3 is 12.2 Å². The largest absolute Gasteiger partial charge is 0.444 e. The number of alkyl carbamates (subject to hydrolysis) is 1. The van der Waals surface area contributed by atoms with Crippen molar-refractivity contribution in [3.05, 3.63) is 66.5 Å². The van der Waals surface area contributed by atoms with Crippen molar-refractivity contribution in [1.82, 2.24) is 46.1 Å². The number of aromatic amines is 1. The molecule has 0 radical (unpaired) electrons. The summed E-state index contributed by atoms with van der Waals surface area (Å²) in [6.07, 6.45) is 5.83. The summed E-state index contributed by atoms with van der Waals surface area (Å²) in [4.78, 5) is 65.4. The Morgan fingerprint density at radius 2 is 1.51 bits per heavy atom. The molecule has 6 rings (SSSR count). The van der Waals surface area contributed by atoms with Gasteiger partial charge in [0.2, 0.25) is 17.8 Å². The van der Waals surface area contributed by atoms with Crippen molar-refractivity contribution in [1.29, 1.82) is 0 Å². The molecule has 4 amide bonds. The van der Waals surface area contributed by atoms with Gasteiger partial charge < -0.3 is 35.2 Å². The predicted molar refractivity (Wildman–Crippen MR) is 221 cm³/mol. The second-order valence-electron chi connectivity index (χ2n) is 17.1. The molecule has 0 unspecified atom stereocenters. The first-order valence-corrected chi connectivity index (χ1v) is 20.1. The van der Waals surface area contributed by atoms with Crippen LogP contribution < -0.4 is 20.9 Å². The molecule has 2 aromatic carbocycles. The molecule has 1 saturated carbocycles. The van der Waals surface area contributed by atoms with E-state index in [1.54, 1.807) is 41.6 Å². The molecule has 4 N–H and O–H groups in total. The highest BCUT2D eigenvalue weighted by atomic mass is 16.6. The number of hydrogen-bond acceptors (Lipinski definition) is 12. The third kappa shape index (κ3) is 12.4. The molecule has 2 aliphatic rings. The molecular weight excluding hydrogens is 755 g/mol. The number of H-pyrrole nitrogens is 1. The van der Waals surface area contributed by atoms with Gasteiger partial charge in [-0.3, -0.25) is 9.59 Å². The van der Waals surface area contributed by atoms with E-state index in [4.69, 9.17) is 9.47 Å². The summed E-state index contributed by atoms with van der Waals surface area (Å²) in [5, 5.41) is 22.8. The lowest BCUT2D eigenvalue weighted by Crippen LogP contribution is -2.50. The van der Waals surface area contributed by atoms with Crippen LogP contribution in [0.2, 0.25) is 0 Å². The fourth-order valence-electron chi connectivity index (χ4n) is 7.05. The fraction of sp³-hybridized carbons (Fsp3) is 0.500. The van der Waals surface area contributed by atoms with Crippen molar-refractivity contribution >= 4 is 35.6 Å². The maximum atomic E-state index is 13.9. The van der Waals surface area contributed by atoms with Crippen LogP contribution in [0.15, 0.2) is 60.9 Å². The molecule has 59 heavy (non-hydrogen) atoms. The lowest BCUT2D eigenvalue weighted by atomic mass is 9.81. The Labute approximate surface area is 344 Å². The number of tetrazole rings is 1. The van der Waals surface area contributed by atoms with Gasteiger partial charge in [0.1, 0.15) is 17.2 Å². The monoisotopic (exact) mass is 809 g/mol. The zero-order valence-corrected chi connectivity index (χ0v) is 34.7. The van der Waals surface area contributed by atoms with Crippen LogP contribution in [0.3, 0.4) is 0 Å². The molecule has 0 bridgehead atoms. The van der Waals surface area contributed by atoms with Gasteiger partial charge in [0.05, 0.1) is 0 Å². The van der Waals surface area contributed by atoms with E-state index in [0.717, 1.165) is 35.1 Å². The van der Waals surface area contributed by atoms with Crippen molar-refractivity contribution in [2.24, 2.45) is 11.8 Å². The van der Waals surface area contributed by atoms with Gasteiger partial charge in [-0.1, -0.05) is 24.3 Å². The van der Waals surface area contributed by atoms with Crippen molar-refractivity contribution in [2.75, 3.05) is 42.9 Å². The number of rotatable bonds is 11. The number of ether oxygens (including phenoxy) is 2. The number of hydrogen-bond donors (Lipinski definition) is 4. The van der Waals surface area contributed by atoms with Gasteiger partial charge in [0.25, 0.3) is 0 Å². The van der Waals surface area contributed by atoms with Crippen LogP contribution in [0, 0.1) is 11.8 Å². The molecule has 17 heteroatoms. The molecule has 17 nitrogen and oxygen atoms in total. The standard InChI is InChI=1S/C42H55N11O6/c1-41(2,3)58-39(56)45-24-27-10-12-30(13-11-27)36(54)47-34(37(55)46-33-16-14-29(15-17-33)35-48-50-51-49-35)23-28-8-7-9-31(22-28)32-25-43-38(44-26-32)52-18-20-53(21-19-52)40(57)59-42(4,5)6/h7-9,14-17,22,25-27,30,34H,10-13,18-21,23-24H2,1-6H3,(H,45,56)(H,46,55)(H,47,54)(H,48,49,50,51)/t27-,30-,34-/m0/s1. The second kappa shape index (κ2) is 18.6. The van der Waals surface area contributed by atoms with Gasteiger partial charge in [-0.15, -0.1) is 5.10 Å². The number of anilines is 2. The van der Waals surface area contributed by atoms with Gasteiger partial charge in [0, 0.05) is 74.3 Å². The van der Waals surface area contributed by atoms with Crippen molar-refractivity contribution in [2.45, 2.75) is 90.9 Å². The molecule has 1 aliphatic carbocycles. The minimum atomic E-state index is -0.875. The van der Waals surface area contributed by atoms with E-state index >= 15 is 0 Å². The van der Waals surface area contributed by atoms with Crippen LogP contribution in [-0.4, -0.2) is 109 Å². The van der Waals surface area contributed by atoms with Gasteiger partial charge in [-0.05, 0) is 119 Å². The number of aromatic nitrogens is 6. The Bertz CT molecular complexity index is 2030. The van der Waals surface area contributed by atoms with E-state index in [0.29, 0.717) is 63.0 Å². The zero-order valence-electron chi connectivity index (χ0n) is 34.7. The summed E-state index contributed by atoms with van der Waals surface area (Å²) in [7, 11) is 0. The fourth-order valence-corrected chi connectivity index (χ4v) is 7.05. The maximum absolute atomic E-state index is 13.9. The maximum Gasteiger partial charge on any atom is 0.410 e. The third-order valence-corrected chi connectivity index (χ3v) is 10.1. The Hall–Kier alpha value is -6.13. The molecule has 4 aromatic rings. The highest BCUT2D eigenvalue weighted by Gasteiger charge is 2.31. The smallest absolute Gasteiger partial charge is 0.410 e. The first kappa shape index (κ1) is 42.5. The molecule has 1 aliphatic heterocycles. The van der Waals surface area contributed by atoms with E-state index in [2.05, 4.69) is 46.5 Å². The lowest BCUT2D eigenvalue weighted by molar-refractivity contribution is -0.130. The molecular formula is C42H55N11O6. The van der Waals surface area contributed by atoms with Crippen LogP contribution in [0.5, 0.6) is 0 Å². The average Bonchev–Trinajstić information content (AvgIpc) is 3.75. The summed E-state index contributed by atoms with van der Waals surface area (Å²) in [5.41, 5.74) is 2.69. The van der Waals surface area contributed by atoms with Crippen molar-refractivity contribution in [3.8, 4) is 22.5 Å². The lowest BCUT2D eigenvalue weighted by Gasteiger charge is -2.35. The van der Waals surface area contributed by atoms with Crippen LogP contribution in [0.1, 0.15) is 72.8 Å². The molecule has 314 valence electrons. The van der Waals surface area contributed by atoms with E-state index in [9.17, 15) is 19.2 Å². The second-order valence-corrected chi connectivity index (χ2v) is 17.1. The van der Waals surface area contributed by atoms with Crippen LogP contribution >= 0.6 is 0 Å². The average molecular weight is 810 g/mol. The molecule has 0 spiro atoms. The van der Waals surface area contributed by atoms with E-state index < -0.39 is 23.3 Å². The Balaban J connectivity index is 1.10. The minimum absolute atomic E-state index is 0.177. The number of benzene rings is 2. The van der Waals surface area contributed by atoms with E-state index in [1.165, 1.54) is 0 Å². The number of nitrogens with zero attached hydrogens (tertiary/aromatic N) is 7. The minimum Gasteiger partial charge on any atom is -0.444 e. The number of carbonyl (C=O) groups is 4. The van der Waals surface area contributed by atoms with Gasteiger partial charge in [0.15, 0.2) is 5.82 Å². The summed E-state index contributed by atoms with van der Waals surface area (Å²) >= 11 is 0. The van der Waals surface area contributed by atoms with Crippen LogP contribution in [0.4, 0.5) is 21.2 Å². The summed E-state index contributed by atoms with van der Waals surface area (Å²) in [6, 6.07) is 14.0. The molecule has 1 atom stereocenters. The Kier molecular flexibility index (Phi) is 13.4. The van der Waals surface area contributed by atoms with Crippen LogP contribution in [-0.2, 0) is 25.5 Å². The first-order chi connectivity index (χ1) is 28.1. The molecule has 1 saturated heterocycles. The number of amides is 4. The van der Waals surface area contributed by atoms with Gasteiger partial charge in [-0.25, -0.2) is 24.7 Å². The van der Waals surface area contributed by atoms with Gasteiger partial charge in [-0.2, -0.15) is 0 Å². The zero-order chi connectivity index (χ0) is 42.2. The quantitative estimate of drug-likeness (QED) is 0.151. The highest BCUT2D eigenvalue weighted by Crippen LogP contribution is 2.29. The van der Waals surface area contributed by atoms with E-state index in [1.807, 2.05) is 70.7 Å². The normalized spacial score (nSPS) is 17.7. The highest BCUT2D eigenvalue weighted by molar-refractivity contribution is 5.97. The van der Waals surface area contributed by atoms with E-state index in [-0.39, 0.29) is 36.2 Å². The van der Waals surface area contributed by atoms with Crippen LogP contribution in [0.25, 0.3) is 22.5 Å². The number of piperazine rings is 1. The van der Waals surface area contributed by atoms with Crippen molar-refractivity contribution in [3.63, 3.8) is 0 Å². The summed E-state index contributed by atoms with van der Waals surface area (Å²) in [5.74, 6) is 0.515. The predicted octanol–water partition coefficient (Wildman–Crippen LogP) is 5.38. The number of nitrogens with one attached hydrogen (secondary N) is 4. The summed E-state index contributed by atoms with van der Waals surface area (Å²) in [6.45, 7) is 13.7. The molecule has 2 fully saturated rings. The Morgan fingerprint density at radius 3 is 2.14 bits per heavy atom. The Morgan fingerprint density at radius 1 is 0.831 bits per heavy atom. The molecule has 3 heterocycles. The summed E-state index contributed by atoms with van der Waals surface area (Å²) < 4.78 is 10.9. The first-order valence-electron chi connectivity index (χ1n) is 20.1. The number of carbonyl (C=O) groups excluding carboxylic acids is 4. The van der Waals surface area contributed by atoms with Crippen molar-refractivity contribution < 1.29 is 28.7 Å².